The van der Waals surface area contributed by atoms with Crippen LogP contribution in [-0.4, -0.2) is 20.6 Å². The third kappa shape index (κ3) is 1.58. The molecule has 0 unspecified atom stereocenters. The highest BCUT2D eigenvalue weighted by atomic mass is 16.3. The molecule has 0 saturated heterocycles. The van der Waals surface area contributed by atoms with Crippen LogP contribution in [0.2, 0.25) is 0 Å². The van der Waals surface area contributed by atoms with E-state index in [1.807, 2.05) is 19.1 Å². The van der Waals surface area contributed by atoms with E-state index in [0.717, 1.165) is 12.0 Å². The molecule has 6 heteroatoms. The van der Waals surface area contributed by atoms with Crippen molar-refractivity contribution in [2.45, 2.75) is 13.3 Å². The van der Waals surface area contributed by atoms with E-state index in [-0.39, 0.29) is 11.3 Å². The van der Waals surface area contributed by atoms with Crippen molar-refractivity contribution >= 4 is 11.0 Å². The molecule has 0 amide bonds. The molecule has 1 aromatic carbocycles. The molecule has 0 aliphatic carbocycles. The first kappa shape index (κ1) is 10.6. The summed E-state index contributed by atoms with van der Waals surface area (Å²) in [6, 6.07) is 5.58. The molecule has 2 heterocycles. The lowest BCUT2D eigenvalue weighted by molar-refractivity contribution is 0.603. The lowest BCUT2D eigenvalue weighted by Gasteiger charge is -2.01. The van der Waals surface area contributed by atoms with Gasteiger partial charge in [-0.05, 0) is 29.3 Å². The maximum absolute atomic E-state index is 12.3. The molecule has 0 aliphatic heterocycles. The molecule has 2 aromatic heterocycles. The highest BCUT2D eigenvalue weighted by Crippen LogP contribution is 2.17. The van der Waals surface area contributed by atoms with Crippen LogP contribution < -0.4 is 5.43 Å². The van der Waals surface area contributed by atoms with Crippen LogP contribution in [0.5, 0.6) is 0 Å². The first-order chi connectivity index (χ1) is 8.79. The van der Waals surface area contributed by atoms with Gasteiger partial charge in [-0.15, -0.1) is 10.2 Å². The number of aromatic amines is 1. The van der Waals surface area contributed by atoms with E-state index in [4.69, 9.17) is 4.42 Å². The Bertz CT molecular complexity index is 746. The maximum Gasteiger partial charge on any atom is 0.211 e. The zero-order valence-corrected chi connectivity index (χ0v) is 9.67. The van der Waals surface area contributed by atoms with E-state index in [1.165, 1.54) is 6.26 Å². The lowest BCUT2D eigenvalue weighted by Crippen LogP contribution is -2.06. The first-order valence-electron chi connectivity index (χ1n) is 5.58. The van der Waals surface area contributed by atoms with E-state index < -0.39 is 0 Å². The van der Waals surface area contributed by atoms with Crippen molar-refractivity contribution in [1.29, 1.82) is 0 Å². The molecule has 0 aliphatic rings. The molecule has 90 valence electrons. The van der Waals surface area contributed by atoms with Crippen molar-refractivity contribution in [2.75, 3.05) is 0 Å². The molecule has 0 fully saturated rings. The van der Waals surface area contributed by atoms with E-state index in [1.54, 1.807) is 6.07 Å². The molecule has 1 N–H and O–H groups in total. The number of hydrogen-bond donors (Lipinski definition) is 1. The fraction of sp³-hybridized carbons (Fsp3) is 0.167. The predicted molar refractivity (Wildman–Crippen MR) is 65.0 cm³/mol. The van der Waals surface area contributed by atoms with E-state index in [9.17, 15) is 4.79 Å². The van der Waals surface area contributed by atoms with Crippen LogP contribution in [0.4, 0.5) is 0 Å². The number of aryl methyl sites for hydroxylation is 1. The average molecular weight is 242 g/mol. The summed E-state index contributed by atoms with van der Waals surface area (Å²) in [5.41, 5.74) is 1.81. The van der Waals surface area contributed by atoms with Gasteiger partial charge in [0.05, 0.1) is 5.39 Å². The van der Waals surface area contributed by atoms with Gasteiger partial charge in [-0.1, -0.05) is 13.0 Å². The number of fused-ring (bicyclic) bond motifs is 1. The zero-order chi connectivity index (χ0) is 12.5. The second-order valence-electron chi connectivity index (χ2n) is 3.90. The first-order valence-corrected chi connectivity index (χ1v) is 5.58. The normalized spacial score (nSPS) is 10.9. The van der Waals surface area contributed by atoms with Gasteiger partial charge in [0.1, 0.15) is 17.4 Å². The van der Waals surface area contributed by atoms with Crippen LogP contribution in [-0.2, 0) is 6.42 Å². The molecule has 0 atom stereocenters. The number of rotatable bonds is 2. The number of H-pyrrole nitrogens is 1. The van der Waals surface area contributed by atoms with Gasteiger partial charge < -0.3 is 4.42 Å². The second-order valence-corrected chi connectivity index (χ2v) is 3.90. The van der Waals surface area contributed by atoms with Crippen molar-refractivity contribution < 1.29 is 4.42 Å². The minimum atomic E-state index is -0.145. The second kappa shape index (κ2) is 4.06. The van der Waals surface area contributed by atoms with Gasteiger partial charge in [0.25, 0.3) is 0 Å². The van der Waals surface area contributed by atoms with Crippen molar-refractivity contribution in [3.05, 3.63) is 40.2 Å². The van der Waals surface area contributed by atoms with Gasteiger partial charge >= 0.3 is 0 Å². The van der Waals surface area contributed by atoms with Crippen LogP contribution in [0, 0.1) is 0 Å². The number of aromatic nitrogens is 4. The fourth-order valence-corrected chi connectivity index (χ4v) is 1.83. The van der Waals surface area contributed by atoms with Gasteiger partial charge in [0.15, 0.2) is 0 Å². The van der Waals surface area contributed by atoms with Crippen molar-refractivity contribution in [2.24, 2.45) is 0 Å². The molecule has 3 aromatic rings. The summed E-state index contributed by atoms with van der Waals surface area (Å²) >= 11 is 0. The van der Waals surface area contributed by atoms with Crippen LogP contribution >= 0.6 is 0 Å². The van der Waals surface area contributed by atoms with Gasteiger partial charge in [0.2, 0.25) is 11.3 Å². The highest BCUT2D eigenvalue weighted by molar-refractivity contribution is 5.80. The molecule has 0 bridgehead atoms. The van der Waals surface area contributed by atoms with E-state index >= 15 is 0 Å². The topological polar surface area (TPSA) is 84.7 Å². The molecule has 0 saturated carbocycles. The smallest absolute Gasteiger partial charge is 0.211 e. The summed E-state index contributed by atoms with van der Waals surface area (Å²) in [5, 5.41) is 13.9. The lowest BCUT2D eigenvalue weighted by atomic mass is 10.1. The minimum absolute atomic E-state index is 0.145. The number of nitrogens with one attached hydrogen (secondary N) is 1. The van der Waals surface area contributed by atoms with Gasteiger partial charge in [0, 0.05) is 0 Å². The fourth-order valence-electron chi connectivity index (χ4n) is 1.83. The standard InChI is InChI=1S/C12H10N4O2/c1-2-7-3-4-10-8(5-7)11(17)9(6-18-10)12-13-15-16-14-12/h3-6H,2H2,1H3,(H,13,14,15,16). The average Bonchev–Trinajstić information content (AvgIpc) is 2.93. The van der Waals surface area contributed by atoms with Gasteiger partial charge in [-0.25, -0.2) is 0 Å². The van der Waals surface area contributed by atoms with Gasteiger partial charge in [-0.3, -0.25) is 4.79 Å². The third-order valence-corrected chi connectivity index (χ3v) is 2.83. The molecular weight excluding hydrogens is 232 g/mol. The maximum atomic E-state index is 12.3. The van der Waals surface area contributed by atoms with Crippen LogP contribution in [0.25, 0.3) is 22.4 Å². The molecule has 6 nitrogen and oxygen atoms in total. The van der Waals surface area contributed by atoms with Gasteiger partial charge in [-0.2, -0.15) is 5.21 Å². The number of benzene rings is 1. The molecule has 18 heavy (non-hydrogen) atoms. The summed E-state index contributed by atoms with van der Waals surface area (Å²) < 4.78 is 5.43. The SMILES string of the molecule is CCc1ccc2occ(-c3nn[nH]n3)c(=O)c2c1. The minimum Gasteiger partial charge on any atom is -0.463 e. The Morgan fingerprint density at radius 3 is 3.00 bits per heavy atom. The van der Waals surface area contributed by atoms with E-state index in [0.29, 0.717) is 16.5 Å². The predicted octanol–water partition coefficient (Wildman–Crippen LogP) is 1.54. The van der Waals surface area contributed by atoms with Crippen LogP contribution in [0.3, 0.4) is 0 Å². The summed E-state index contributed by atoms with van der Waals surface area (Å²) in [4.78, 5) is 12.3. The summed E-state index contributed by atoms with van der Waals surface area (Å²) in [5.74, 6) is 0.243. The third-order valence-electron chi connectivity index (χ3n) is 2.83. The highest BCUT2D eigenvalue weighted by Gasteiger charge is 2.12. The summed E-state index contributed by atoms with van der Waals surface area (Å²) in [7, 11) is 0. The largest absolute Gasteiger partial charge is 0.463 e. The quantitative estimate of drug-likeness (QED) is 0.736. The van der Waals surface area contributed by atoms with Crippen LogP contribution in [0.15, 0.2) is 33.7 Å². The Balaban J connectivity index is 2.31. The monoisotopic (exact) mass is 242 g/mol. The Kier molecular flexibility index (Phi) is 2.40. The van der Waals surface area contributed by atoms with Crippen molar-refractivity contribution in [3.8, 4) is 11.4 Å². The van der Waals surface area contributed by atoms with Crippen LogP contribution in [0.1, 0.15) is 12.5 Å². The number of hydrogen-bond acceptors (Lipinski definition) is 5. The van der Waals surface area contributed by atoms with Crippen molar-refractivity contribution in [1.82, 2.24) is 20.6 Å². The number of nitrogens with zero attached hydrogens (tertiary/aromatic N) is 3. The Labute approximate surface area is 102 Å². The zero-order valence-electron chi connectivity index (χ0n) is 9.67. The Hall–Kier alpha value is -2.50. The Morgan fingerprint density at radius 1 is 1.39 bits per heavy atom. The van der Waals surface area contributed by atoms with Crippen molar-refractivity contribution in [3.63, 3.8) is 0 Å². The molecule has 0 radical (unpaired) electrons. The van der Waals surface area contributed by atoms with E-state index in [2.05, 4.69) is 20.6 Å². The Morgan fingerprint density at radius 2 is 2.28 bits per heavy atom. The molecular formula is C12H10N4O2. The number of tetrazole rings is 1. The summed E-state index contributed by atoms with van der Waals surface area (Å²) in [6.45, 7) is 2.03. The summed E-state index contributed by atoms with van der Waals surface area (Å²) in [6.07, 6.45) is 2.23. The molecule has 3 rings (SSSR count). The molecule has 0 spiro atoms.